The minimum absolute atomic E-state index is 0.263. The molecule has 78 valence electrons. The first-order valence-electron chi connectivity index (χ1n) is 4.63. The summed E-state index contributed by atoms with van der Waals surface area (Å²) in [6.07, 6.45) is 0.263. The number of hydrogen-bond donors (Lipinski definition) is 2. The van der Waals surface area contributed by atoms with E-state index in [9.17, 15) is 4.79 Å². The average Bonchev–Trinajstić information content (AvgIpc) is 2.59. The monoisotopic (exact) mass is 205 g/mol. The largest absolute Gasteiger partial charge is 0.424 e. The van der Waals surface area contributed by atoms with Gasteiger partial charge in [0.25, 0.3) is 6.01 Å². The summed E-state index contributed by atoms with van der Waals surface area (Å²) in [6, 6.07) is 7.87. The number of rotatable bonds is 4. The van der Waals surface area contributed by atoms with Gasteiger partial charge in [-0.2, -0.15) is 4.98 Å². The second-order valence-corrected chi connectivity index (χ2v) is 3.13. The number of aromatic nitrogens is 1. The molecule has 0 atom stereocenters. The Morgan fingerprint density at radius 3 is 3.00 bits per heavy atom. The van der Waals surface area contributed by atoms with Gasteiger partial charge in [0, 0.05) is 13.0 Å². The van der Waals surface area contributed by atoms with Gasteiger partial charge in [-0.05, 0) is 12.1 Å². The number of carbonyl (C=O) groups is 1. The van der Waals surface area contributed by atoms with Crippen LogP contribution in [-0.2, 0) is 4.79 Å². The van der Waals surface area contributed by atoms with E-state index in [0.717, 1.165) is 11.1 Å². The van der Waals surface area contributed by atoms with Crippen molar-refractivity contribution in [1.82, 2.24) is 4.98 Å². The van der Waals surface area contributed by atoms with Crippen LogP contribution in [0.2, 0.25) is 0 Å². The molecule has 0 saturated heterocycles. The minimum Gasteiger partial charge on any atom is -0.424 e. The summed E-state index contributed by atoms with van der Waals surface area (Å²) in [5, 5.41) is 2.89. The lowest BCUT2D eigenvalue weighted by Crippen LogP contribution is -2.15. The van der Waals surface area contributed by atoms with Crippen LogP contribution in [0.25, 0.3) is 11.1 Å². The molecular weight excluding hydrogens is 194 g/mol. The van der Waals surface area contributed by atoms with Crippen molar-refractivity contribution >= 4 is 23.0 Å². The first-order chi connectivity index (χ1) is 7.25. The van der Waals surface area contributed by atoms with Gasteiger partial charge in [0.2, 0.25) is 5.91 Å². The van der Waals surface area contributed by atoms with Gasteiger partial charge in [0.05, 0.1) is 0 Å². The Morgan fingerprint density at radius 1 is 1.47 bits per heavy atom. The Morgan fingerprint density at radius 2 is 2.27 bits per heavy atom. The standard InChI is InChI=1S/C10H11N3O2/c11-9(14)5-6-12-10-13-7-3-1-2-4-8(7)15-10/h1-4H,5-6H2,(H2,11,14)(H,12,13). The number of amides is 1. The summed E-state index contributed by atoms with van der Waals surface area (Å²) in [5.41, 5.74) is 6.51. The molecule has 15 heavy (non-hydrogen) atoms. The Hall–Kier alpha value is -2.04. The highest BCUT2D eigenvalue weighted by Gasteiger charge is 2.03. The number of nitrogens with two attached hydrogens (primary N) is 1. The highest BCUT2D eigenvalue weighted by molar-refractivity contribution is 5.75. The van der Waals surface area contributed by atoms with Crippen LogP contribution >= 0.6 is 0 Å². The molecule has 0 aliphatic heterocycles. The maximum Gasteiger partial charge on any atom is 0.295 e. The van der Waals surface area contributed by atoms with Crippen molar-refractivity contribution in [2.75, 3.05) is 11.9 Å². The van der Waals surface area contributed by atoms with E-state index in [-0.39, 0.29) is 12.3 Å². The molecule has 0 aliphatic carbocycles. The Kier molecular flexibility index (Phi) is 2.53. The lowest BCUT2D eigenvalue weighted by atomic mass is 10.3. The molecule has 2 rings (SSSR count). The lowest BCUT2D eigenvalue weighted by molar-refractivity contribution is -0.117. The topological polar surface area (TPSA) is 81.2 Å². The zero-order chi connectivity index (χ0) is 10.7. The van der Waals surface area contributed by atoms with Crippen LogP contribution in [0, 0.1) is 0 Å². The predicted octanol–water partition coefficient (Wildman–Crippen LogP) is 1.12. The maximum absolute atomic E-state index is 10.5. The van der Waals surface area contributed by atoms with Crippen molar-refractivity contribution in [2.45, 2.75) is 6.42 Å². The number of anilines is 1. The average molecular weight is 205 g/mol. The first kappa shape index (κ1) is 9.51. The molecule has 5 heteroatoms. The van der Waals surface area contributed by atoms with Gasteiger partial charge in [-0.15, -0.1) is 0 Å². The van der Waals surface area contributed by atoms with Crippen molar-refractivity contribution < 1.29 is 9.21 Å². The van der Waals surface area contributed by atoms with Gasteiger partial charge < -0.3 is 15.5 Å². The van der Waals surface area contributed by atoms with Crippen LogP contribution in [0.4, 0.5) is 6.01 Å². The zero-order valence-electron chi connectivity index (χ0n) is 8.06. The van der Waals surface area contributed by atoms with E-state index in [2.05, 4.69) is 10.3 Å². The molecule has 0 saturated carbocycles. The molecule has 2 aromatic rings. The lowest BCUT2D eigenvalue weighted by Gasteiger charge is -1.96. The van der Waals surface area contributed by atoms with Gasteiger partial charge in [0.15, 0.2) is 5.58 Å². The molecule has 0 spiro atoms. The quantitative estimate of drug-likeness (QED) is 0.783. The van der Waals surface area contributed by atoms with Gasteiger partial charge in [-0.3, -0.25) is 4.79 Å². The van der Waals surface area contributed by atoms with Crippen LogP contribution in [0.15, 0.2) is 28.7 Å². The number of primary amides is 1. The number of hydrogen-bond acceptors (Lipinski definition) is 4. The van der Waals surface area contributed by atoms with E-state index >= 15 is 0 Å². The number of benzene rings is 1. The Bertz CT molecular complexity index is 445. The first-order valence-corrected chi connectivity index (χ1v) is 4.63. The zero-order valence-corrected chi connectivity index (χ0v) is 8.06. The summed E-state index contributed by atoms with van der Waals surface area (Å²) in [6.45, 7) is 0.433. The molecule has 1 aromatic carbocycles. The maximum atomic E-state index is 10.5. The van der Waals surface area contributed by atoms with Crippen LogP contribution in [0.5, 0.6) is 0 Å². The molecule has 0 aliphatic rings. The number of para-hydroxylation sites is 2. The molecule has 0 fully saturated rings. The third-order valence-corrected chi connectivity index (χ3v) is 1.94. The molecule has 3 N–H and O–H groups in total. The molecule has 5 nitrogen and oxygen atoms in total. The van der Waals surface area contributed by atoms with Crippen LogP contribution in [0.3, 0.4) is 0 Å². The minimum atomic E-state index is -0.349. The van der Waals surface area contributed by atoms with Gasteiger partial charge in [-0.25, -0.2) is 0 Å². The summed E-state index contributed by atoms with van der Waals surface area (Å²) in [7, 11) is 0. The van der Waals surface area contributed by atoms with Crippen LogP contribution in [-0.4, -0.2) is 17.4 Å². The van der Waals surface area contributed by atoms with Crippen molar-refractivity contribution in [3.63, 3.8) is 0 Å². The Labute approximate surface area is 86.3 Å². The second-order valence-electron chi connectivity index (χ2n) is 3.13. The van der Waals surface area contributed by atoms with Gasteiger partial charge in [0.1, 0.15) is 5.52 Å². The van der Waals surface area contributed by atoms with Crippen molar-refractivity contribution in [3.8, 4) is 0 Å². The van der Waals surface area contributed by atoms with E-state index in [1.54, 1.807) is 0 Å². The Balaban J connectivity index is 2.05. The third kappa shape index (κ3) is 2.25. The summed E-state index contributed by atoms with van der Waals surface area (Å²) < 4.78 is 5.38. The van der Waals surface area contributed by atoms with E-state index in [4.69, 9.17) is 10.2 Å². The molecule has 1 amide bonds. The highest BCUT2D eigenvalue weighted by atomic mass is 16.4. The number of oxazole rings is 1. The van der Waals surface area contributed by atoms with Crippen molar-refractivity contribution in [1.29, 1.82) is 0 Å². The van der Waals surface area contributed by atoms with Gasteiger partial charge in [-0.1, -0.05) is 12.1 Å². The normalized spacial score (nSPS) is 10.4. The van der Waals surface area contributed by atoms with E-state index in [1.807, 2.05) is 24.3 Å². The molecule has 1 aromatic heterocycles. The predicted molar refractivity (Wildman–Crippen MR) is 56.3 cm³/mol. The van der Waals surface area contributed by atoms with E-state index in [0.29, 0.717) is 12.6 Å². The highest BCUT2D eigenvalue weighted by Crippen LogP contribution is 2.17. The molecule has 0 radical (unpaired) electrons. The SMILES string of the molecule is NC(=O)CCNc1nc2ccccc2o1. The molecule has 0 unspecified atom stereocenters. The number of nitrogens with zero attached hydrogens (tertiary/aromatic N) is 1. The summed E-state index contributed by atoms with van der Waals surface area (Å²) in [5.74, 6) is -0.349. The molecule has 1 heterocycles. The van der Waals surface area contributed by atoms with Gasteiger partial charge >= 0.3 is 0 Å². The third-order valence-electron chi connectivity index (χ3n) is 1.94. The number of nitrogens with one attached hydrogen (secondary N) is 1. The van der Waals surface area contributed by atoms with Crippen LogP contribution < -0.4 is 11.1 Å². The fourth-order valence-corrected chi connectivity index (χ4v) is 1.24. The molecular formula is C10H11N3O2. The summed E-state index contributed by atoms with van der Waals surface area (Å²) >= 11 is 0. The van der Waals surface area contributed by atoms with Crippen molar-refractivity contribution in [2.24, 2.45) is 5.73 Å². The van der Waals surface area contributed by atoms with E-state index < -0.39 is 0 Å². The molecule has 0 bridgehead atoms. The number of carbonyl (C=O) groups excluding carboxylic acids is 1. The summed E-state index contributed by atoms with van der Waals surface area (Å²) in [4.78, 5) is 14.7. The fraction of sp³-hybridized carbons (Fsp3) is 0.200. The number of fused-ring (bicyclic) bond motifs is 1. The smallest absolute Gasteiger partial charge is 0.295 e. The van der Waals surface area contributed by atoms with Crippen LogP contribution in [0.1, 0.15) is 6.42 Å². The fourth-order valence-electron chi connectivity index (χ4n) is 1.24. The van der Waals surface area contributed by atoms with E-state index in [1.165, 1.54) is 0 Å². The second kappa shape index (κ2) is 4.00. The van der Waals surface area contributed by atoms with Crippen molar-refractivity contribution in [3.05, 3.63) is 24.3 Å².